The van der Waals surface area contributed by atoms with Gasteiger partial charge in [0.15, 0.2) is 5.82 Å². The Bertz CT molecular complexity index is 1120. The summed E-state index contributed by atoms with van der Waals surface area (Å²) in [6.07, 6.45) is 0.681. The van der Waals surface area contributed by atoms with E-state index in [1.807, 2.05) is 50.1 Å². The van der Waals surface area contributed by atoms with Crippen molar-refractivity contribution in [2.75, 3.05) is 17.3 Å². The zero-order chi connectivity index (χ0) is 22.8. The predicted octanol–water partition coefficient (Wildman–Crippen LogP) is 4.74. The number of aryl methyl sites for hydroxylation is 1. The lowest BCUT2D eigenvalue weighted by Crippen LogP contribution is -2.45. The molecule has 1 aliphatic heterocycles. The van der Waals surface area contributed by atoms with E-state index in [1.54, 1.807) is 12.1 Å². The summed E-state index contributed by atoms with van der Waals surface area (Å²) in [7, 11) is 1.88. The van der Waals surface area contributed by atoms with Crippen LogP contribution in [0.2, 0.25) is 0 Å². The van der Waals surface area contributed by atoms with Crippen molar-refractivity contribution in [2.24, 2.45) is 0 Å². The quantitative estimate of drug-likeness (QED) is 0.566. The first-order valence-electron chi connectivity index (χ1n) is 10.7. The molecule has 1 aliphatic rings. The first kappa shape index (κ1) is 24.5. The van der Waals surface area contributed by atoms with Crippen LogP contribution in [0, 0.1) is 12.7 Å². The number of nitrogens with one attached hydrogen (secondary N) is 1. The van der Waals surface area contributed by atoms with Gasteiger partial charge in [0.05, 0.1) is 5.69 Å². The van der Waals surface area contributed by atoms with Gasteiger partial charge in [0.2, 0.25) is 5.91 Å². The number of hydrogen-bond acceptors (Lipinski definition) is 5. The maximum atomic E-state index is 13.0. The minimum atomic E-state index is -0.274. The van der Waals surface area contributed by atoms with Crippen molar-refractivity contribution in [1.82, 2.24) is 9.97 Å². The van der Waals surface area contributed by atoms with Crippen LogP contribution < -0.4 is 15.0 Å². The van der Waals surface area contributed by atoms with Crippen LogP contribution in [0.25, 0.3) is 0 Å². The van der Waals surface area contributed by atoms with E-state index in [0.29, 0.717) is 18.7 Å². The van der Waals surface area contributed by atoms with Gasteiger partial charge in [0.25, 0.3) is 0 Å². The zero-order valence-electron chi connectivity index (χ0n) is 19.2. The summed E-state index contributed by atoms with van der Waals surface area (Å²) in [5.41, 5.74) is 3.54. The summed E-state index contributed by atoms with van der Waals surface area (Å²) < 4.78 is 18.8. The number of fused-ring (bicyclic) bond motifs is 1. The lowest BCUT2D eigenvalue weighted by atomic mass is 9.97. The molecule has 2 aromatic carbocycles. The molecular formula is C25H29FN4O2S. The molecule has 0 saturated heterocycles. The molecule has 1 N–H and O–H groups in total. The fraction of sp³-hybridized carbons (Fsp3) is 0.320. The Hall–Kier alpha value is -3.13. The van der Waals surface area contributed by atoms with Crippen LogP contribution in [0.3, 0.4) is 0 Å². The van der Waals surface area contributed by atoms with Gasteiger partial charge in [0.1, 0.15) is 35.7 Å². The van der Waals surface area contributed by atoms with Gasteiger partial charge in [-0.15, -0.1) is 0 Å². The topological polar surface area (TPSA) is 67.4 Å². The average molecular weight is 469 g/mol. The number of halogens is 1. The van der Waals surface area contributed by atoms with Crippen LogP contribution in [0.5, 0.6) is 5.75 Å². The third-order valence-corrected chi connectivity index (χ3v) is 5.92. The van der Waals surface area contributed by atoms with Gasteiger partial charge in [-0.05, 0) is 55.2 Å². The monoisotopic (exact) mass is 468 g/mol. The lowest BCUT2D eigenvalue weighted by molar-refractivity contribution is -0.117. The summed E-state index contributed by atoms with van der Waals surface area (Å²) in [5, 5.41) is 2.92. The number of hydrogen-bond donors (Lipinski definition) is 1. The molecule has 1 amide bonds. The highest BCUT2D eigenvalue weighted by Crippen LogP contribution is 2.32. The molecule has 6 nitrogen and oxygen atoms in total. The molecule has 3 aromatic rings. The van der Waals surface area contributed by atoms with E-state index in [0.717, 1.165) is 34.2 Å². The lowest BCUT2D eigenvalue weighted by Gasteiger charge is -2.32. The number of amides is 1. The second-order valence-electron chi connectivity index (χ2n) is 8.29. The molecule has 0 saturated carbocycles. The van der Waals surface area contributed by atoms with Crippen molar-refractivity contribution in [2.45, 2.75) is 45.8 Å². The Kier molecular flexibility index (Phi) is 7.58. The number of carbonyl (C=O) groups excluding carboxylic acids is 1. The normalized spacial score (nSPS) is 15.8. The van der Waals surface area contributed by atoms with E-state index < -0.39 is 0 Å². The third-order valence-electron chi connectivity index (χ3n) is 5.92. The molecule has 0 aliphatic carbocycles. The van der Waals surface area contributed by atoms with Gasteiger partial charge in [-0.25, -0.2) is 14.4 Å². The number of aromatic nitrogens is 2. The fourth-order valence-electron chi connectivity index (χ4n) is 3.73. The van der Waals surface area contributed by atoms with Crippen molar-refractivity contribution >= 4 is 30.9 Å². The standard InChI is InChI=1S/C25H27FN4O2.H2S/c1-15(13-22-27-16(2)23-24(28-22)30(4)17(3)25(31)29-23)19-7-11-21(12-8-19)32-14-18-5-9-20(26)10-6-18;/h5-12,15,17H,13-14H2,1-4H3,(H,29,31);1H2/t15?,17-;/m0./s1. The number of anilines is 2. The summed E-state index contributed by atoms with van der Waals surface area (Å²) in [6.45, 7) is 6.28. The Balaban J connectivity index is 0.00000306. The van der Waals surface area contributed by atoms with Crippen LogP contribution in [0.4, 0.5) is 15.9 Å². The number of rotatable bonds is 6. The van der Waals surface area contributed by atoms with Gasteiger partial charge >= 0.3 is 0 Å². The molecule has 174 valence electrons. The Labute approximate surface area is 200 Å². The second kappa shape index (κ2) is 10.2. The van der Waals surface area contributed by atoms with E-state index in [1.165, 1.54) is 12.1 Å². The van der Waals surface area contributed by atoms with Gasteiger partial charge in [-0.2, -0.15) is 13.5 Å². The first-order valence-corrected chi connectivity index (χ1v) is 10.7. The Morgan fingerprint density at radius 3 is 2.45 bits per heavy atom. The molecule has 2 heterocycles. The largest absolute Gasteiger partial charge is 0.489 e. The number of nitrogens with zero attached hydrogens (tertiary/aromatic N) is 3. The van der Waals surface area contributed by atoms with Gasteiger partial charge in [0, 0.05) is 13.5 Å². The van der Waals surface area contributed by atoms with Crippen molar-refractivity contribution in [1.29, 1.82) is 0 Å². The van der Waals surface area contributed by atoms with Crippen LogP contribution in [-0.4, -0.2) is 29.0 Å². The first-order chi connectivity index (χ1) is 15.3. The van der Waals surface area contributed by atoms with Crippen molar-refractivity contribution in [3.05, 3.63) is 77.0 Å². The second-order valence-corrected chi connectivity index (χ2v) is 8.29. The minimum absolute atomic E-state index is 0. The van der Waals surface area contributed by atoms with Gasteiger partial charge < -0.3 is 15.0 Å². The number of carbonyl (C=O) groups is 1. The van der Waals surface area contributed by atoms with Crippen LogP contribution in [0.1, 0.15) is 42.4 Å². The minimum Gasteiger partial charge on any atom is -0.489 e. The third kappa shape index (κ3) is 5.45. The summed E-state index contributed by atoms with van der Waals surface area (Å²) in [4.78, 5) is 23.4. The van der Waals surface area contributed by atoms with E-state index in [2.05, 4.69) is 17.2 Å². The van der Waals surface area contributed by atoms with Crippen LogP contribution in [-0.2, 0) is 17.8 Å². The molecule has 1 unspecified atom stereocenters. The van der Waals surface area contributed by atoms with Crippen LogP contribution in [0.15, 0.2) is 48.5 Å². The van der Waals surface area contributed by atoms with Gasteiger partial charge in [-0.1, -0.05) is 31.2 Å². The highest BCUT2D eigenvalue weighted by molar-refractivity contribution is 7.59. The summed E-state index contributed by atoms with van der Waals surface area (Å²) >= 11 is 0. The van der Waals surface area contributed by atoms with E-state index in [9.17, 15) is 9.18 Å². The molecule has 4 rings (SSSR count). The molecule has 8 heteroatoms. The molecule has 2 atom stereocenters. The van der Waals surface area contributed by atoms with E-state index in [-0.39, 0.29) is 37.2 Å². The van der Waals surface area contributed by atoms with Gasteiger partial charge in [-0.3, -0.25) is 4.79 Å². The van der Waals surface area contributed by atoms with Crippen molar-refractivity contribution in [3.63, 3.8) is 0 Å². The maximum Gasteiger partial charge on any atom is 0.246 e. The number of ether oxygens (including phenoxy) is 1. The number of benzene rings is 2. The highest BCUT2D eigenvalue weighted by Gasteiger charge is 2.30. The van der Waals surface area contributed by atoms with E-state index in [4.69, 9.17) is 9.72 Å². The van der Waals surface area contributed by atoms with Crippen molar-refractivity contribution in [3.8, 4) is 5.75 Å². The molecule has 1 aromatic heterocycles. The SMILES string of the molecule is Cc1nc(CC(C)c2ccc(OCc3ccc(F)cc3)cc2)nc2c1NC(=O)[C@H](C)N2C.S. The molecule has 33 heavy (non-hydrogen) atoms. The summed E-state index contributed by atoms with van der Waals surface area (Å²) in [6, 6.07) is 14.0. The highest BCUT2D eigenvalue weighted by atomic mass is 32.1. The summed E-state index contributed by atoms with van der Waals surface area (Å²) in [5.74, 6) is 2.18. The molecule has 0 spiro atoms. The molecule has 0 fully saturated rings. The van der Waals surface area contributed by atoms with Crippen LogP contribution >= 0.6 is 13.5 Å². The maximum absolute atomic E-state index is 13.0. The molecular weight excluding hydrogens is 439 g/mol. The smallest absolute Gasteiger partial charge is 0.246 e. The predicted molar refractivity (Wildman–Crippen MR) is 133 cm³/mol. The Morgan fingerprint density at radius 2 is 1.79 bits per heavy atom. The average Bonchev–Trinajstić information content (AvgIpc) is 2.78. The Morgan fingerprint density at radius 1 is 1.12 bits per heavy atom. The zero-order valence-corrected chi connectivity index (χ0v) is 20.2. The van der Waals surface area contributed by atoms with E-state index >= 15 is 0 Å². The fourth-order valence-corrected chi connectivity index (χ4v) is 3.73. The van der Waals surface area contributed by atoms with Crippen molar-refractivity contribution < 1.29 is 13.9 Å². The molecule has 0 bridgehead atoms. The number of likely N-dealkylation sites (N-methyl/N-ethyl adjacent to an activating group) is 1. The molecule has 0 radical (unpaired) electrons.